The lowest BCUT2D eigenvalue weighted by Crippen LogP contribution is -2.24. The Bertz CT molecular complexity index is 1070. The van der Waals surface area contributed by atoms with Gasteiger partial charge in [0.25, 0.3) is 5.91 Å². The summed E-state index contributed by atoms with van der Waals surface area (Å²) in [6.45, 7) is 0.779. The number of nitrogens with one attached hydrogen (secondary N) is 1. The van der Waals surface area contributed by atoms with E-state index in [9.17, 15) is 4.79 Å². The molecule has 0 aliphatic carbocycles. The molecule has 0 atom stereocenters. The summed E-state index contributed by atoms with van der Waals surface area (Å²) in [7, 11) is 1.56. The van der Waals surface area contributed by atoms with Crippen LogP contribution in [0.4, 0.5) is 0 Å². The third-order valence-corrected chi connectivity index (χ3v) is 4.58. The number of fused-ring (bicyclic) bond motifs is 1. The number of rotatable bonds is 7. The van der Waals surface area contributed by atoms with Crippen LogP contribution in [0.2, 0.25) is 0 Å². The molecule has 1 aliphatic rings. The van der Waals surface area contributed by atoms with Crippen molar-refractivity contribution in [3.8, 4) is 34.1 Å². The van der Waals surface area contributed by atoms with E-state index in [0.717, 1.165) is 11.1 Å². The molecule has 0 unspecified atom stereocenters. The fourth-order valence-electron chi connectivity index (χ4n) is 3.17. The molecule has 1 aliphatic heterocycles. The number of hydrazone groups is 1. The van der Waals surface area contributed by atoms with Gasteiger partial charge in [-0.1, -0.05) is 48.5 Å². The van der Waals surface area contributed by atoms with Gasteiger partial charge in [-0.15, -0.1) is 0 Å². The van der Waals surface area contributed by atoms with Crippen LogP contribution < -0.4 is 24.4 Å². The number of hydrogen-bond acceptors (Lipinski definition) is 6. The molecule has 0 fully saturated rings. The summed E-state index contributed by atoms with van der Waals surface area (Å²) in [5.41, 5.74) is 5.11. The van der Waals surface area contributed by atoms with Crippen LogP contribution in [0.1, 0.15) is 5.56 Å². The van der Waals surface area contributed by atoms with Crippen molar-refractivity contribution in [2.45, 2.75) is 0 Å². The van der Waals surface area contributed by atoms with Gasteiger partial charge in [-0.25, -0.2) is 5.43 Å². The Morgan fingerprint density at radius 2 is 1.81 bits per heavy atom. The zero-order chi connectivity index (χ0) is 21.5. The van der Waals surface area contributed by atoms with E-state index in [1.807, 2.05) is 54.6 Å². The van der Waals surface area contributed by atoms with Crippen LogP contribution in [0.5, 0.6) is 23.0 Å². The van der Waals surface area contributed by atoms with Crippen molar-refractivity contribution in [1.82, 2.24) is 5.43 Å². The van der Waals surface area contributed by atoms with Crippen molar-refractivity contribution in [2.75, 3.05) is 26.9 Å². The smallest absolute Gasteiger partial charge is 0.277 e. The van der Waals surface area contributed by atoms with Crippen molar-refractivity contribution in [3.63, 3.8) is 0 Å². The van der Waals surface area contributed by atoms with Gasteiger partial charge in [-0.3, -0.25) is 4.79 Å². The molecule has 3 aromatic rings. The fraction of sp³-hybridized carbons (Fsp3) is 0.167. The minimum atomic E-state index is -0.372. The Kier molecular flexibility index (Phi) is 6.32. The van der Waals surface area contributed by atoms with Crippen LogP contribution in [0.25, 0.3) is 11.1 Å². The van der Waals surface area contributed by atoms with E-state index >= 15 is 0 Å². The number of carbonyl (C=O) groups is 1. The Labute approximate surface area is 180 Å². The number of para-hydroxylation sites is 1. The maximum Gasteiger partial charge on any atom is 0.277 e. The Balaban J connectivity index is 1.37. The largest absolute Gasteiger partial charge is 0.493 e. The van der Waals surface area contributed by atoms with Crippen LogP contribution in [-0.4, -0.2) is 39.1 Å². The predicted octanol–water partition coefficient (Wildman–Crippen LogP) is 3.66. The molecule has 0 aromatic heterocycles. The van der Waals surface area contributed by atoms with E-state index in [0.29, 0.717) is 41.8 Å². The summed E-state index contributed by atoms with van der Waals surface area (Å²) in [4.78, 5) is 12.2. The number of benzene rings is 3. The molecule has 4 rings (SSSR count). The summed E-state index contributed by atoms with van der Waals surface area (Å²) in [5.74, 6) is 1.96. The third kappa shape index (κ3) is 4.95. The van der Waals surface area contributed by atoms with Gasteiger partial charge in [-0.05, 0) is 23.8 Å². The number of amides is 1. The first-order valence-electron chi connectivity index (χ1n) is 9.81. The number of nitrogens with zero attached hydrogens (tertiary/aromatic N) is 1. The molecule has 158 valence electrons. The Hall–Kier alpha value is -4.00. The molecule has 1 N–H and O–H groups in total. The minimum absolute atomic E-state index is 0.161. The molecule has 0 radical (unpaired) electrons. The fourth-order valence-corrected chi connectivity index (χ4v) is 3.17. The van der Waals surface area contributed by atoms with Crippen LogP contribution in [0, 0.1) is 0 Å². The third-order valence-electron chi connectivity index (χ3n) is 4.58. The molecule has 1 amide bonds. The standard InChI is InChI=1S/C24H22N2O5/c1-28-21-13-17(14-22-24(21)30-12-11-29-22)15-25-26-23(27)16-31-20-10-6-5-9-19(20)18-7-3-2-4-8-18/h2-10,13-15H,11-12,16H2,1H3,(H,26,27)/b25-15-. The second-order valence-corrected chi connectivity index (χ2v) is 6.69. The van der Waals surface area contributed by atoms with Crippen molar-refractivity contribution in [2.24, 2.45) is 5.10 Å². The molecule has 7 heteroatoms. The molecule has 7 nitrogen and oxygen atoms in total. The van der Waals surface area contributed by atoms with Gasteiger partial charge in [-0.2, -0.15) is 5.10 Å². The molecule has 0 saturated heterocycles. The highest BCUT2D eigenvalue weighted by molar-refractivity contribution is 5.85. The van der Waals surface area contributed by atoms with E-state index in [2.05, 4.69) is 10.5 Å². The van der Waals surface area contributed by atoms with Crippen LogP contribution >= 0.6 is 0 Å². The molecule has 0 bridgehead atoms. The lowest BCUT2D eigenvalue weighted by atomic mass is 10.1. The molecular weight excluding hydrogens is 396 g/mol. The molecule has 1 heterocycles. The molecule has 31 heavy (non-hydrogen) atoms. The van der Waals surface area contributed by atoms with Gasteiger partial charge in [0.1, 0.15) is 19.0 Å². The van der Waals surface area contributed by atoms with Gasteiger partial charge in [0.05, 0.1) is 13.3 Å². The molecule has 3 aromatic carbocycles. The second-order valence-electron chi connectivity index (χ2n) is 6.69. The van der Waals surface area contributed by atoms with Gasteiger partial charge in [0.2, 0.25) is 5.75 Å². The van der Waals surface area contributed by atoms with Gasteiger partial charge >= 0.3 is 0 Å². The summed E-state index contributed by atoms with van der Waals surface area (Å²) >= 11 is 0. The average Bonchev–Trinajstić information content (AvgIpc) is 2.83. The zero-order valence-electron chi connectivity index (χ0n) is 17.0. The Morgan fingerprint density at radius 1 is 1.03 bits per heavy atom. The van der Waals surface area contributed by atoms with Gasteiger partial charge in [0.15, 0.2) is 18.1 Å². The highest BCUT2D eigenvalue weighted by atomic mass is 16.6. The quantitative estimate of drug-likeness (QED) is 0.468. The Morgan fingerprint density at radius 3 is 2.65 bits per heavy atom. The normalized spacial score (nSPS) is 12.4. The van der Waals surface area contributed by atoms with Crippen LogP contribution in [0.15, 0.2) is 71.8 Å². The lowest BCUT2D eigenvalue weighted by molar-refractivity contribution is -0.123. The zero-order valence-corrected chi connectivity index (χ0v) is 17.0. The first-order chi connectivity index (χ1) is 15.2. The van der Waals surface area contributed by atoms with Crippen LogP contribution in [0.3, 0.4) is 0 Å². The van der Waals surface area contributed by atoms with E-state index in [1.54, 1.807) is 19.2 Å². The summed E-state index contributed by atoms with van der Waals surface area (Å²) in [6.07, 6.45) is 1.51. The minimum Gasteiger partial charge on any atom is -0.493 e. The van der Waals surface area contributed by atoms with Gasteiger partial charge < -0.3 is 18.9 Å². The van der Waals surface area contributed by atoms with Crippen molar-refractivity contribution in [1.29, 1.82) is 0 Å². The highest BCUT2D eigenvalue weighted by Gasteiger charge is 2.18. The van der Waals surface area contributed by atoms with Crippen molar-refractivity contribution >= 4 is 12.1 Å². The second kappa shape index (κ2) is 9.67. The van der Waals surface area contributed by atoms with E-state index in [-0.39, 0.29) is 12.5 Å². The molecule has 0 saturated carbocycles. The first-order valence-corrected chi connectivity index (χ1v) is 9.81. The number of hydrogen-bond donors (Lipinski definition) is 1. The highest BCUT2D eigenvalue weighted by Crippen LogP contribution is 2.40. The predicted molar refractivity (Wildman–Crippen MR) is 117 cm³/mol. The maximum absolute atomic E-state index is 12.2. The monoisotopic (exact) mass is 418 g/mol. The van der Waals surface area contributed by atoms with E-state index in [1.165, 1.54) is 6.21 Å². The molecular formula is C24H22N2O5. The van der Waals surface area contributed by atoms with E-state index in [4.69, 9.17) is 18.9 Å². The SMILES string of the molecule is COc1cc(/C=N\NC(=O)COc2ccccc2-c2ccccc2)cc2c1OCCO2. The van der Waals surface area contributed by atoms with Crippen molar-refractivity contribution in [3.05, 3.63) is 72.3 Å². The summed E-state index contributed by atoms with van der Waals surface area (Å²) in [5, 5.41) is 4.00. The topological polar surface area (TPSA) is 78.4 Å². The molecule has 0 spiro atoms. The summed E-state index contributed by atoms with van der Waals surface area (Å²) < 4.78 is 22.2. The lowest BCUT2D eigenvalue weighted by Gasteiger charge is -2.20. The van der Waals surface area contributed by atoms with E-state index < -0.39 is 0 Å². The number of methoxy groups -OCH3 is 1. The summed E-state index contributed by atoms with van der Waals surface area (Å²) in [6, 6.07) is 21.0. The van der Waals surface area contributed by atoms with Crippen LogP contribution in [-0.2, 0) is 4.79 Å². The van der Waals surface area contributed by atoms with Crippen molar-refractivity contribution < 1.29 is 23.7 Å². The maximum atomic E-state index is 12.2. The average molecular weight is 418 g/mol. The number of ether oxygens (including phenoxy) is 4. The van der Waals surface area contributed by atoms with Gasteiger partial charge in [0, 0.05) is 11.1 Å². The first kappa shape index (κ1) is 20.3. The number of carbonyl (C=O) groups excluding carboxylic acids is 1.